The van der Waals surface area contributed by atoms with E-state index in [0.717, 1.165) is 25.1 Å². The Balaban J connectivity index is 2.03. The van der Waals surface area contributed by atoms with Gasteiger partial charge in [-0.1, -0.05) is 18.2 Å². The van der Waals surface area contributed by atoms with Gasteiger partial charge in [0.1, 0.15) is 5.75 Å². The molecular weight excluding hydrogens is 238 g/mol. The lowest BCUT2D eigenvalue weighted by atomic mass is 10.1. The van der Waals surface area contributed by atoms with Crippen molar-refractivity contribution in [2.24, 2.45) is 0 Å². The maximum absolute atomic E-state index is 12.3. The van der Waals surface area contributed by atoms with Gasteiger partial charge in [0, 0.05) is 24.7 Å². The molecule has 0 aromatic heterocycles. The topological polar surface area (TPSA) is 24.5 Å². The zero-order valence-electron chi connectivity index (χ0n) is 10.4. The quantitative estimate of drug-likeness (QED) is 0.873. The van der Waals surface area contributed by atoms with Crippen LogP contribution in [-0.4, -0.2) is 37.7 Å². The summed E-state index contributed by atoms with van der Waals surface area (Å²) < 4.78 is 29.1. The van der Waals surface area contributed by atoms with Gasteiger partial charge in [-0.05, 0) is 26.1 Å². The van der Waals surface area contributed by atoms with Crippen LogP contribution in [-0.2, 0) is 6.54 Å². The van der Waals surface area contributed by atoms with Gasteiger partial charge in [-0.25, -0.2) is 0 Å². The fourth-order valence-electron chi connectivity index (χ4n) is 2.26. The average molecular weight is 256 g/mol. The Morgan fingerprint density at radius 2 is 2.22 bits per heavy atom. The van der Waals surface area contributed by atoms with E-state index in [1.807, 2.05) is 19.2 Å². The average Bonchev–Trinajstić information content (AvgIpc) is 2.84. The summed E-state index contributed by atoms with van der Waals surface area (Å²) in [6.45, 7) is -0.182. The zero-order valence-corrected chi connectivity index (χ0v) is 10.4. The van der Waals surface area contributed by atoms with E-state index in [0.29, 0.717) is 12.6 Å². The van der Waals surface area contributed by atoms with Gasteiger partial charge < -0.3 is 10.1 Å². The lowest BCUT2D eigenvalue weighted by Crippen LogP contribution is -2.33. The number of halogens is 2. The minimum Gasteiger partial charge on any atom is -0.434 e. The highest BCUT2D eigenvalue weighted by Crippen LogP contribution is 2.22. The molecule has 1 aliphatic heterocycles. The summed E-state index contributed by atoms with van der Waals surface area (Å²) in [7, 11) is 2.01. The summed E-state index contributed by atoms with van der Waals surface area (Å²) >= 11 is 0. The molecule has 18 heavy (non-hydrogen) atoms. The molecule has 0 bridgehead atoms. The van der Waals surface area contributed by atoms with Crippen molar-refractivity contribution in [1.82, 2.24) is 10.2 Å². The van der Waals surface area contributed by atoms with E-state index in [1.165, 1.54) is 0 Å². The molecule has 1 aliphatic rings. The van der Waals surface area contributed by atoms with Gasteiger partial charge in [-0.3, -0.25) is 4.90 Å². The molecule has 0 amide bonds. The molecule has 1 fully saturated rings. The number of ether oxygens (including phenoxy) is 1. The molecule has 1 atom stereocenters. The number of rotatable bonds is 5. The highest BCUT2D eigenvalue weighted by molar-refractivity contribution is 5.33. The maximum Gasteiger partial charge on any atom is 0.387 e. The summed E-state index contributed by atoms with van der Waals surface area (Å²) in [5.74, 6) is 0.269. The van der Waals surface area contributed by atoms with Crippen LogP contribution in [0.2, 0.25) is 0 Å². The first-order valence-corrected chi connectivity index (χ1v) is 6.10. The van der Waals surface area contributed by atoms with Crippen LogP contribution >= 0.6 is 0 Å². The van der Waals surface area contributed by atoms with Gasteiger partial charge in [0.2, 0.25) is 0 Å². The van der Waals surface area contributed by atoms with E-state index in [1.54, 1.807) is 12.1 Å². The molecule has 100 valence electrons. The molecule has 1 aromatic rings. The van der Waals surface area contributed by atoms with Crippen molar-refractivity contribution in [3.63, 3.8) is 0 Å². The van der Waals surface area contributed by atoms with E-state index >= 15 is 0 Å². The van der Waals surface area contributed by atoms with Crippen molar-refractivity contribution in [2.75, 3.05) is 20.1 Å². The van der Waals surface area contributed by atoms with Gasteiger partial charge in [0.15, 0.2) is 0 Å². The van der Waals surface area contributed by atoms with E-state index in [2.05, 4.69) is 15.0 Å². The lowest BCUT2D eigenvalue weighted by Gasteiger charge is -2.24. The van der Waals surface area contributed by atoms with E-state index < -0.39 is 6.61 Å². The van der Waals surface area contributed by atoms with Crippen LogP contribution in [0.3, 0.4) is 0 Å². The molecule has 1 unspecified atom stereocenters. The van der Waals surface area contributed by atoms with Crippen LogP contribution in [0, 0.1) is 0 Å². The molecular formula is C13H18F2N2O. The smallest absolute Gasteiger partial charge is 0.387 e. The van der Waals surface area contributed by atoms with Gasteiger partial charge in [0.05, 0.1) is 0 Å². The molecule has 3 nitrogen and oxygen atoms in total. The Hall–Kier alpha value is -1.20. The maximum atomic E-state index is 12.3. The third-order valence-corrected chi connectivity index (χ3v) is 3.27. The van der Waals surface area contributed by atoms with Gasteiger partial charge in [-0.15, -0.1) is 0 Å². The van der Waals surface area contributed by atoms with E-state index in [9.17, 15) is 8.78 Å². The molecule has 2 rings (SSSR count). The number of hydrogen-bond donors (Lipinski definition) is 1. The van der Waals surface area contributed by atoms with Gasteiger partial charge in [0.25, 0.3) is 0 Å². The molecule has 1 heterocycles. The number of alkyl halides is 2. The van der Waals surface area contributed by atoms with Crippen molar-refractivity contribution in [3.8, 4) is 5.75 Å². The first kappa shape index (κ1) is 13.2. The third kappa shape index (κ3) is 3.40. The summed E-state index contributed by atoms with van der Waals surface area (Å²) in [6.07, 6.45) is 1.09. The van der Waals surface area contributed by atoms with E-state index in [-0.39, 0.29) is 5.75 Å². The fourth-order valence-corrected chi connectivity index (χ4v) is 2.26. The predicted octanol–water partition coefficient (Wildman–Crippen LogP) is 2.08. The zero-order chi connectivity index (χ0) is 13.0. The van der Waals surface area contributed by atoms with Gasteiger partial charge in [-0.2, -0.15) is 8.78 Å². The summed E-state index contributed by atoms with van der Waals surface area (Å²) in [4.78, 5) is 2.17. The Morgan fingerprint density at radius 3 is 2.89 bits per heavy atom. The van der Waals surface area contributed by atoms with Crippen LogP contribution in [0.4, 0.5) is 8.78 Å². The molecule has 1 N–H and O–H groups in total. The Kier molecular flexibility index (Phi) is 4.49. The monoisotopic (exact) mass is 256 g/mol. The van der Waals surface area contributed by atoms with Crippen LogP contribution in [0.5, 0.6) is 5.75 Å². The van der Waals surface area contributed by atoms with E-state index in [4.69, 9.17) is 0 Å². The van der Waals surface area contributed by atoms with Crippen molar-refractivity contribution < 1.29 is 13.5 Å². The van der Waals surface area contributed by atoms with Crippen LogP contribution in [0.25, 0.3) is 0 Å². The fraction of sp³-hybridized carbons (Fsp3) is 0.538. The third-order valence-electron chi connectivity index (χ3n) is 3.27. The van der Waals surface area contributed by atoms with Crippen molar-refractivity contribution >= 4 is 0 Å². The number of nitrogens with one attached hydrogen (secondary N) is 1. The normalized spacial score (nSPS) is 19.7. The Labute approximate surface area is 106 Å². The number of para-hydroxylation sites is 1. The SMILES string of the molecule is CN(Cc1ccccc1OC(F)F)C1CCNC1. The molecule has 1 saturated heterocycles. The molecule has 1 aromatic carbocycles. The second-order valence-corrected chi connectivity index (χ2v) is 4.55. The summed E-state index contributed by atoms with van der Waals surface area (Å²) in [6, 6.07) is 7.43. The molecule has 0 aliphatic carbocycles. The molecule has 5 heteroatoms. The predicted molar refractivity (Wildman–Crippen MR) is 65.8 cm³/mol. The largest absolute Gasteiger partial charge is 0.434 e. The summed E-state index contributed by atoms with van der Waals surface area (Å²) in [5, 5.41) is 3.29. The van der Waals surface area contributed by atoms with Crippen LogP contribution in [0.1, 0.15) is 12.0 Å². The Morgan fingerprint density at radius 1 is 1.44 bits per heavy atom. The summed E-state index contributed by atoms with van der Waals surface area (Å²) in [5.41, 5.74) is 0.798. The highest BCUT2D eigenvalue weighted by atomic mass is 19.3. The minimum atomic E-state index is -2.77. The molecule has 0 saturated carbocycles. The number of nitrogens with zero attached hydrogens (tertiary/aromatic N) is 1. The van der Waals surface area contributed by atoms with Crippen molar-refractivity contribution in [1.29, 1.82) is 0 Å². The second-order valence-electron chi connectivity index (χ2n) is 4.55. The van der Waals surface area contributed by atoms with Crippen LogP contribution in [0.15, 0.2) is 24.3 Å². The molecule has 0 radical (unpaired) electrons. The standard InChI is InChI=1S/C13H18F2N2O/c1-17(11-6-7-16-8-11)9-10-4-2-3-5-12(10)18-13(14)15/h2-5,11,13,16H,6-9H2,1H3. The first-order chi connectivity index (χ1) is 8.66. The Bertz CT molecular complexity index is 381. The molecule has 0 spiro atoms. The van der Waals surface area contributed by atoms with Crippen molar-refractivity contribution in [2.45, 2.75) is 25.6 Å². The second kappa shape index (κ2) is 6.11. The minimum absolute atomic E-state index is 0.269. The van der Waals surface area contributed by atoms with Crippen LogP contribution < -0.4 is 10.1 Å². The number of benzene rings is 1. The number of likely N-dealkylation sites (N-methyl/N-ethyl adjacent to an activating group) is 1. The number of hydrogen-bond acceptors (Lipinski definition) is 3. The van der Waals surface area contributed by atoms with Crippen molar-refractivity contribution in [3.05, 3.63) is 29.8 Å². The van der Waals surface area contributed by atoms with Gasteiger partial charge >= 0.3 is 6.61 Å². The first-order valence-electron chi connectivity index (χ1n) is 6.10. The lowest BCUT2D eigenvalue weighted by molar-refractivity contribution is -0.0507. The highest BCUT2D eigenvalue weighted by Gasteiger charge is 2.20.